The average molecular weight is 662 g/mol. The van der Waals surface area contributed by atoms with Crippen LogP contribution in [-0.4, -0.2) is 72.7 Å². The van der Waals surface area contributed by atoms with Gasteiger partial charge in [-0.2, -0.15) is 0 Å². The number of nitrogens with zero attached hydrogens (tertiary/aromatic N) is 2. The molecule has 0 bridgehead atoms. The zero-order valence-corrected chi connectivity index (χ0v) is 28.1. The van der Waals surface area contributed by atoms with E-state index in [0.717, 1.165) is 4.31 Å². The van der Waals surface area contributed by atoms with E-state index in [-0.39, 0.29) is 40.5 Å². The zero-order valence-electron chi connectivity index (χ0n) is 26.5. The first kappa shape index (κ1) is 35.3. The summed E-state index contributed by atoms with van der Waals surface area (Å²) in [7, 11) is 1.21. The van der Waals surface area contributed by atoms with Gasteiger partial charge in [-0.05, 0) is 54.8 Å². The standard InChI is InChI=1S/C32H40ClN3O8S/c1-21(2)18-34-32(38)22(3)35(19-23-8-10-24(33)11-9-23)31(37)20-36(27-16-25(41-4)12-14-28(27)42-5)45(39,40)26-13-15-29(43-6)30(17-26)44-7/h8-17,21-22H,18-20H2,1-7H3,(H,34,38)/t22-/m0/s1. The lowest BCUT2D eigenvalue weighted by Crippen LogP contribution is -2.51. The van der Waals surface area contributed by atoms with E-state index in [1.165, 1.54) is 57.6 Å². The van der Waals surface area contributed by atoms with E-state index in [4.69, 9.17) is 30.5 Å². The van der Waals surface area contributed by atoms with Crippen LogP contribution in [0.4, 0.5) is 5.69 Å². The van der Waals surface area contributed by atoms with Crippen LogP contribution in [0.15, 0.2) is 65.6 Å². The first-order valence-corrected chi connectivity index (χ1v) is 16.0. The molecular weight excluding hydrogens is 622 g/mol. The number of ether oxygens (including phenoxy) is 4. The van der Waals surface area contributed by atoms with Gasteiger partial charge in [0.05, 0.1) is 39.0 Å². The Morgan fingerprint density at radius 1 is 0.822 bits per heavy atom. The smallest absolute Gasteiger partial charge is 0.265 e. The predicted octanol–water partition coefficient (Wildman–Crippen LogP) is 4.76. The summed E-state index contributed by atoms with van der Waals surface area (Å²) in [4.78, 5) is 28.6. The number of carbonyl (C=O) groups is 2. The number of benzene rings is 3. The van der Waals surface area contributed by atoms with Crippen LogP contribution >= 0.6 is 11.6 Å². The van der Waals surface area contributed by atoms with Crippen molar-refractivity contribution in [3.63, 3.8) is 0 Å². The maximum atomic E-state index is 14.4. The quantitative estimate of drug-likeness (QED) is 0.247. The molecule has 0 unspecified atom stereocenters. The number of halogens is 1. The molecule has 0 fully saturated rings. The molecule has 3 rings (SSSR count). The number of rotatable bonds is 15. The van der Waals surface area contributed by atoms with Crippen LogP contribution in [0, 0.1) is 5.92 Å². The summed E-state index contributed by atoms with van der Waals surface area (Å²) in [6, 6.07) is 14.6. The highest BCUT2D eigenvalue weighted by atomic mass is 35.5. The Morgan fingerprint density at radius 3 is 2.02 bits per heavy atom. The van der Waals surface area contributed by atoms with Gasteiger partial charge in [0.25, 0.3) is 10.0 Å². The molecule has 0 aliphatic heterocycles. The molecule has 11 nitrogen and oxygen atoms in total. The van der Waals surface area contributed by atoms with Crippen LogP contribution in [-0.2, 0) is 26.2 Å². The summed E-state index contributed by atoms with van der Waals surface area (Å²) in [6.07, 6.45) is 0. The van der Waals surface area contributed by atoms with Crippen LogP contribution in [0.25, 0.3) is 0 Å². The summed E-state index contributed by atoms with van der Waals surface area (Å²) < 4.78 is 51.2. The van der Waals surface area contributed by atoms with Crippen LogP contribution < -0.4 is 28.6 Å². The molecule has 3 aromatic rings. The number of carbonyl (C=O) groups excluding carboxylic acids is 2. The van der Waals surface area contributed by atoms with E-state index in [1.807, 2.05) is 13.8 Å². The monoisotopic (exact) mass is 661 g/mol. The second-order valence-corrected chi connectivity index (χ2v) is 12.8. The van der Waals surface area contributed by atoms with E-state index in [1.54, 1.807) is 43.3 Å². The Hall–Kier alpha value is -4.16. The maximum Gasteiger partial charge on any atom is 0.265 e. The fraction of sp³-hybridized carbons (Fsp3) is 0.375. The van der Waals surface area contributed by atoms with Crippen LogP contribution in [0.1, 0.15) is 26.3 Å². The van der Waals surface area contributed by atoms with Gasteiger partial charge in [0.2, 0.25) is 11.8 Å². The molecule has 2 amide bonds. The largest absolute Gasteiger partial charge is 0.497 e. The van der Waals surface area contributed by atoms with Gasteiger partial charge < -0.3 is 29.2 Å². The fourth-order valence-corrected chi connectivity index (χ4v) is 5.99. The highest BCUT2D eigenvalue weighted by molar-refractivity contribution is 7.92. The van der Waals surface area contributed by atoms with Gasteiger partial charge in [0.15, 0.2) is 11.5 Å². The molecule has 0 heterocycles. The number of hydrogen-bond acceptors (Lipinski definition) is 8. The molecule has 244 valence electrons. The SMILES string of the molecule is COc1ccc(OC)c(N(CC(=O)N(Cc2ccc(Cl)cc2)[C@@H](C)C(=O)NCC(C)C)S(=O)(=O)c2ccc(OC)c(OC)c2)c1. The molecule has 0 spiro atoms. The highest BCUT2D eigenvalue weighted by Crippen LogP contribution is 2.37. The summed E-state index contributed by atoms with van der Waals surface area (Å²) >= 11 is 6.08. The van der Waals surface area contributed by atoms with E-state index in [2.05, 4.69) is 5.32 Å². The summed E-state index contributed by atoms with van der Waals surface area (Å²) in [5.74, 6) is 0.204. The zero-order chi connectivity index (χ0) is 33.3. The first-order chi connectivity index (χ1) is 21.4. The Labute approximate surface area is 270 Å². The van der Waals surface area contributed by atoms with Crippen molar-refractivity contribution in [3.05, 3.63) is 71.2 Å². The molecule has 1 atom stereocenters. The molecule has 45 heavy (non-hydrogen) atoms. The lowest BCUT2D eigenvalue weighted by atomic mass is 10.1. The third kappa shape index (κ3) is 8.73. The molecule has 1 N–H and O–H groups in total. The molecule has 0 aromatic heterocycles. The predicted molar refractivity (Wildman–Crippen MR) is 173 cm³/mol. The minimum absolute atomic E-state index is 0.0196. The van der Waals surface area contributed by atoms with Gasteiger partial charge in [0.1, 0.15) is 24.1 Å². The van der Waals surface area contributed by atoms with Crippen molar-refractivity contribution in [1.82, 2.24) is 10.2 Å². The topological polar surface area (TPSA) is 124 Å². The van der Waals surface area contributed by atoms with Crippen molar-refractivity contribution in [2.24, 2.45) is 5.92 Å². The second-order valence-electron chi connectivity index (χ2n) is 10.5. The number of amides is 2. The van der Waals surface area contributed by atoms with Crippen molar-refractivity contribution in [2.45, 2.75) is 38.3 Å². The van der Waals surface area contributed by atoms with E-state index in [9.17, 15) is 18.0 Å². The molecular formula is C32H40ClN3O8S. The Kier molecular flexibility index (Phi) is 12.3. The second kappa shape index (κ2) is 15.7. The van der Waals surface area contributed by atoms with Crippen molar-refractivity contribution in [1.29, 1.82) is 0 Å². The van der Waals surface area contributed by atoms with Gasteiger partial charge in [-0.1, -0.05) is 37.6 Å². The normalized spacial score (nSPS) is 11.8. The van der Waals surface area contributed by atoms with E-state index >= 15 is 0 Å². The van der Waals surface area contributed by atoms with Crippen molar-refractivity contribution < 1.29 is 37.0 Å². The molecule has 0 radical (unpaired) electrons. The molecule has 0 aliphatic carbocycles. The van der Waals surface area contributed by atoms with Gasteiger partial charge in [-0.15, -0.1) is 0 Å². The minimum atomic E-state index is -4.45. The number of sulfonamides is 1. The highest BCUT2D eigenvalue weighted by Gasteiger charge is 2.34. The first-order valence-electron chi connectivity index (χ1n) is 14.1. The van der Waals surface area contributed by atoms with Crippen molar-refractivity contribution in [2.75, 3.05) is 45.8 Å². The molecule has 0 aliphatic rings. The molecule has 3 aromatic carbocycles. The van der Waals surface area contributed by atoms with E-state index < -0.39 is 28.5 Å². The van der Waals surface area contributed by atoms with Gasteiger partial charge >= 0.3 is 0 Å². The summed E-state index contributed by atoms with van der Waals surface area (Å²) in [6.45, 7) is 5.27. The van der Waals surface area contributed by atoms with Crippen molar-refractivity contribution >= 4 is 39.1 Å². The fourth-order valence-electron chi connectivity index (χ4n) is 4.43. The van der Waals surface area contributed by atoms with Crippen LogP contribution in [0.3, 0.4) is 0 Å². The average Bonchev–Trinajstić information content (AvgIpc) is 3.04. The van der Waals surface area contributed by atoms with Crippen LogP contribution in [0.5, 0.6) is 23.0 Å². The van der Waals surface area contributed by atoms with E-state index in [0.29, 0.717) is 28.6 Å². The molecule has 13 heteroatoms. The van der Waals surface area contributed by atoms with Gasteiger partial charge in [-0.3, -0.25) is 13.9 Å². The summed E-state index contributed by atoms with van der Waals surface area (Å²) in [5.41, 5.74) is 0.757. The Morgan fingerprint density at radius 2 is 1.44 bits per heavy atom. The van der Waals surface area contributed by atoms with Gasteiger partial charge in [0, 0.05) is 30.2 Å². The minimum Gasteiger partial charge on any atom is -0.497 e. The number of methoxy groups -OCH3 is 4. The van der Waals surface area contributed by atoms with Crippen molar-refractivity contribution in [3.8, 4) is 23.0 Å². The maximum absolute atomic E-state index is 14.4. The number of anilines is 1. The third-order valence-corrected chi connectivity index (χ3v) is 9.00. The van der Waals surface area contributed by atoms with Gasteiger partial charge in [-0.25, -0.2) is 8.42 Å². The lowest BCUT2D eigenvalue weighted by Gasteiger charge is -2.32. The third-order valence-electron chi connectivity index (χ3n) is 6.99. The molecule has 0 saturated carbocycles. The Balaban J connectivity index is 2.15. The van der Waals surface area contributed by atoms with Crippen LogP contribution in [0.2, 0.25) is 5.02 Å². The number of nitrogens with one attached hydrogen (secondary N) is 1. The lowest BCUT2D eigenvalue weighted by molar-refractivity contribution is -0.139. The summed E-state index contributed by atoms with van der Waals surface area (Å²) in [5, 5.41) is 3.37. The number of hydrogen-bond donors (Lipinski definition) is 1. The molecule has 0 saturated heterocycles. The Bertz CT molecular complexity index is 1580.